The zero-order valence-corrected chi connectivity index (χ0v) is 7.84. The molecule has 0 unspecified atom stereocenters. The Hall–Kier alpha value is -1.09. The zero-order chi connectivity index (χ0) is 10.0. The van der Waals surface area contributed by atoms with Crippen LogP contribution >= 0.6 is 0 Å². The predicted molar refractivity (Wildman–Crippen MR) is 50.0 cm³/mol. The van der Waals surface area contributed by atoms with Gasteiger partial charge in [0.1, 0.15) is 11.6 Å². The van der Waals surface area contributed by atoms with Crippen molar-refractivity contribution in [3.63, 3.8) is 0 Å². The molecule has 0 heterocycles. The van der Waals surface area contributed by atoms with Gasteiger partial charge < -0.3 is 10.8 Å². The summed E-state index contributed by atoms with van der Waals surface area (Å²) in [6.45, 7) is 3.58. The van der Waals surface area contributed by atoms with E-state index in [0.29, 0.717) is 12.0 Å². The average molecular weight is 183 g/mol. The van der Waals surface area contributed by atoms with Gasteiger partial charge in [0.05, 0.1) is 0 Å². The summed E-state index contributed by atoms with van der Waals surface area (Å²) < 4.78 is 13.2. The third kappa shape index (κ3) is 1.80. The van der Waals surface area contributed by atoms with Gasteiger partial charge >= 0.3 is 0 Å². The van der Waals surface area contributed by atoms with E-state index in [2.05, 4.69) is 0 Å². The van der Waals surface area contributed by atoms with E-state index in [9.17, 15) is 9.50 Å². The minimum absolute atomic E-state index is 0.0191. The molecule has 0 amide bonds. The third-order valence-corrected chi connectivity index (χ3v) is 2.18. The van der Waals surface area contributed by atoms with Gasteiger partial charge in [0.2, 0.25) is 0 Å². The van der Waals surface area contributed by atoms with Crippen molar-refractivity contribution in [2.75, 3.05) is 0 Å². The normalized spacial score (nSPS) is 12.9. The van der Waals surface area contributed by atoms with E-state index in [-0.39, 0.29) is 11.3 Å². The van der Waals surface area contributed by atoms with Crippen molar-refractivity contribution in [3.8, 4) is 5.75 Å². The predicted octanol–water partition coefficient (Wildman–Crippen LogP) is 2.25. The second-order valence-electron chi connectivity index (χ2n) is 3.14. The van der Waals surface area contributed by atoms with Crippen LogP contribution < -0.4 is 5.73 Å². The first-order valence-electron chi connectivity index (χ1n) is 4.31. The van der Waals surface area contributed by atoms with Crippen LogP contribution in [0.25, 0.3) is 0 Å². The van der Waals surface area contributed by atoms with Gasteiger partial charge in [-0.1, -0.05) is 13.0 Å². The van der Waals surface area contributed by atoms with E-state index in [1.54, 1.807) is 6.92 Å². The minimum atomic E-state index is -0.433. The first-order valence-corrected chi connectivity index (χ1v) is 4.31. The molecule has 1 atom stereocenters. The Balaban J connectivity index is 3.25. The molecule has 0 bridgehead atoms. The van der Waals surface area contributed by atoms with E-state index >= 15 is 0 Å². The topological polar surface area (TPSA) is 46.2 Å². The minimum Gasteiger partial charge on any atom is -0.507 e. The highest BCUT2D eigenvalue weighted by molar-refractivity contribution is 5.42. The fourth-order valence-electron chi connectivity index (χ4n) is 1.25. The summed E-state index contributed by atoms with van der Waals surface area (Å²) in [6.07, 6.45) is 0.605. The van der Waals surface area contributed by atoms with E-state index < -0.39 is 11.9 Å². The second-order valence-corrected chi connectivity index (χ2v) is 3.14. The molecule has 0 saturated carbocycles. The SMILES string of the molecule is CC[C@@H](N)c1c(F)ccc(C)c1O. The number of rotatable bonds is 2. The molecule has 0 saturated heterocycles. The van der Waals surface area contributed by atoms with Crippen molar-refractivity contribution in [1.82, 2.24) is 0 Å². The number of phenols is 1. The maximum absolute atomic E-state index is 13.2. The number of aromatic hydroxyl groups is 1. The van der Waals surface area contributed by atoms with Crippen molar-refractivity contribution in [2.24, 2.45) is 5.73 Å². The Morgan fingerprint density at radius 1 is 1.54 bits per heavy atom. The molecule has 0 aromatic heterocycles. The summed E-state index contributed by atoms with van der Waals surface area (Å²) in [5.74, 6) is -0.452. The van der Waals surface area contributed by atoms with Crippen LogP contribution in [0.4, 0.5) is 4.39 Å². The Bertz CT molecular complexity index is 312. The lowest BCUT2D eigenvalue weighted by Crippen LogP contribution is -2.11. The van der Waals surface area contributed by atoms with Crippen LogP contribution in [0.15, 0.2) is 12.1 Å². The van der Waals surface area contributed by atoms with Gasteiger partial charge in [-0.2, -0.15) is 0 Å². The molecule has 2 nitrogen and oxygen atoms in total. The number of nitrogens with two attached hydrogens (primary N) is 1. The molecular weight excluding hydrogens is 169 g/mol. The van der Waals surface area contributed by atoms with Gasteiger partial charge in [-0.15, -0.1) is 0 Å². The van der Waals surface area contributed by atoms with Gasteiger partial charge in [-0.05, 0) is 25.0 Å². The molecular formula is C10H14FNO. The monoisotopic (exact) mass is 183 g/mol. The lowest BCUT2D eigenvalue weighted by Gasteiger charge is -2.13. The fourth-order valence-corrected chi connectivity index (χ4v) is 1.25. The molecule has 0 radical (unpaired) electrons. The second kappa shape index (κ2) is 3.75. The highest BCUT2D eigenvalue weighted by Gasteiger charge is 2.15. The summed E-state index contributed by atoms with van der Waals surface area (Å²) in [6, 6.07) is 2.44. The van der Waals surface area contributed by atoms with Gasteiger partial charge in [-0.25, -0.2) is 4.39 Å². The number of hydrogen-bond donors (Lipinski definition) is 2. The third-order valence-electron chi connectivity index (χ3n) is 2.18. The Labute approximate surface area is 77.2 Å². The van der Waals surface area contributed by atoms with E-state index in [4.69, 9.17) is 5.73 Å². The molecule has 0 aliphatic heterocycles. The quantitative estimate of drug-likeness (QED) is 0.738. The van der Waals surface area contributed by atoms with Gasteiger partial charge in [0, 0.05) is 11.6 Å². The maximum Gasteiger partial charge on any atom is 0.131 e. The molecule has 0 fully saturated rings. The number of hydrogen-bond acceptors (Lipinski definition) is 2. The van der Waals surface area contributed by atoms with Crippen LogP contribution in [0, 0.1) is 12.7 Å². The lowest BCUT2D eigenvalue weighted by molar-refractivity contribution is 0.443. The van der Waals surface area contributed by atoms with Crippen molar-refractivity contribution in [3.05, 3.63) is 29.1 Å². The van der Waals surface area contributed by atoms with Crippen LogP contribution in [0.3, 0.4) is 0 Å². The first-order chi connectivity index (χ1) is 6.07. The van der Waals surface area contributed by atoms with Gasteiger partial charge in [0.25, 0.3) is 0 Å². The molecule has 3 N–H and O–H groups in total. The van der Waals surface area contributed by atoms with Crippen LogP contribution in [0.1, 0.15) is 30.5 Å². The molecule has 3 heteroatoms. The Morgan fingerprint density at radius 2 is 2.15 bits per heavy atom. The Morgan fingerprint density at radius 3 is 2.69 bits per heavy atom. The first kappa shape index (κ1) is 9.99. The van der Waals surface area contributed by atoms with Crippen molar-refractivity contribution in [2.45, 2.75) is 26.3 Å². The summed E-state index contributed by atoms with van der Waals surface area (Å²) in [5, 5.41) is 9.56. The van der Waals surface area contributed by atoms with E-state index in [1.807, 2.05) is 6.92 Å². The molecule has 0 aliphatic carbocycles. The summed E-state index contributed by atoms with van der Waals surface area (Å²) in [4.78, 5) is 0. The van der Waals surface area contributed by atoms with Crippen LogP contribution in [-0.2, 0) is 0 Å². The Kier molecular flexibility index (Phi) is 2.88. The van der Waals surface area contributed by atoms with Crippen molar-refractivity contribution >= 4 is 0 Å². The maximum atomic E-state index is 13.2. The molecule has 1 aromatic carbocycles. The molecule has 0 spiro atoms. The number of halogens is 1. The molecule has 13 heavy (non-hydrogen) atoms. The van der Waals surface area contributed by atoms with Crippen LogP contribution in [-0.4, -0.2) is 5.11 Å². The summed E-state index contributed by atoms with van der Waals surface area (Å²) in [7, 11) is 0. The standard InChI is InChI=1S/C10H14FNO/c1-3-8(12)9-7(11)5-4-6(2)10(9)13/h4-5,8,13H,3,12H2,1-2H3/t8-/m1/s1. The average Bonchev–Trinajstić information content (AvgIpc) is 2.12. The number of benzene rings is 1. The number of aryl methyl sites for hydroxylation is 1. The highest BCUT2D eigenvalue weighted by atomic mass is 19.1. The van der Waals surface area contributed by atoms with Crippen LogP contribution in [0.5, 0.6) is 5.75 Å². The highest BCUT2D eigenvalue weighted by Crippen LogP contribution is 2.30. The largest absolute Gasteiger partial charge is 0.507 e. The van der Waals surface area contributed by atoms with Gasteiger partial charge in [-0.3, -0.25) is 0 Å². The van der Waals surface area contributed by atoms with Gasteiger partial charge in [0.15, 0.2) is 0 Å². The smallest absolute Gasteiger partial charge is 0.131 e. The summed E-state index contributed by atoms with van der Waals surface area (Å²) in [5.41, 5.74) is 6.54. The van der Waals surface area contributed by atoms with E-state index in [1.165, 1.54) is 12.1 Å². The van der Waals surface area contributed by atoms with Crippen LogP contribution in [0.2, 0.25) is 0 Å². The lowest BCUT2D eigenvalue weighted by atomic mass is 10.0. The van der Waals surface area contributed by atoms with E-state index in [0.717, 1.165) is 0 Å². The molecule has 1 aromatic rings. The molecule has 72 valence electrons. The number of phenolic OH excluding ortho intramolecular Hbond substituents is 1. The fraction of sp³-hybridized carbons (Fsp3) is 0.400. The molecule has 0 aliphatic rings. The zero-order valence-electron chi connectivity index (χ0n) is 7.84. The van der Waals surface area contributed by atoms with Crippen molar-refractivity contribution < 1.29 is 9.50 Å². The van der Waals surface area contributed by atoms with Crippen molar-refractivity contribution in [1.29, 1.82) is 0 Å². The molecule has 1 rings (SSSR count). The summed E-state index contributed by atoms with van der Waals surface area (Å²) >= 11 is 0.